The summed E-state index contributed by atoms with van der Waals surface area (Å²) in [5.41, 5.74) is 3.88. The van der Waals surface area contributed by atoms with E-state index in [2.05, 4.69) is 60.7 Å². The van der Waals surface area contributed by atoms with E-state index in [1.165, 1.54) is 16.7 Å². The van der Waals surface area contributed by atoms with E-state index in [0.29, 0.717) is 13.2 Å². The summed E-state index contributed by atoms with van der Waals surface area (Å²) in [5, 5.41) is 13.8. The molecule has 2 aromatic rings. The van der Waals surface area contributed by atoms with Gasteiger partial charge in [0.2, 0.25) is 0 Å². The number of nitrogens with one attached hydrogen (secondary N) is 1. The van der Waals surface area contributed by atoms with Gasteiger partial charge in [-0.25, -0.2) is 0 Å². The first-order valence-electron chi connectivity index (χ1n) is 10.5. The third-order valence-corrected chi connectivity index (χ3v) is 5.65. The van der Waals surface area contributed by atoms with Crippen molar-refractivity contribution in [1.29, 1.82) is 0 Å². The molecular formula is C24H34N2O3. The van der Waals surface area contributed by atoms with E-state index in [4.69, 9.17) is 9.47 Å². The molecule has 0 aromatic heterocycles. The summed E-state index contributed by atoms with van der Waals surface area (Å²) in [7, 11) is 5.81. The van der Waals surface area contributed by atoms with Crippen molar-refractivity contribution >= 4 is 0 Å². The number of nitrogens with zero attached hydrogens (tertiary/aromatic N) is 1. The van der Waals surface area contributed by atoms with Crippen molar-refractivity contribution in [1.82, 2.24) is 10.2 Å². The van der Waals surface area contributed by atoms with E-state index < -0.39 is 6.10 Å². The molecule has 0 saturated carbocycles. The molecule has 0 fully saturated rings. The third kappa shape index (κ3) is 6.03. The fraction of sp³-hybridized carbons (Fsp3) is 0.500. The molecule has 29 heavy (non-hydrogen) atoms. The molecule has 0 radical (unpaired) electrons. The number of aliphatic hydroxyl groups excluding tert-OH is 1. The van der Waals surface area contributed by atoms with Crippen LogP contribution in [0.4, 0.5) is 0 Å². The van der Waals surface area contributed by atoms with Gasteiger partial charge in [0.1, 0.15) is 5.75 Å². The first-order chi connectivity index (χ1) is 14.1. The van der Waals surface area contributed by atoms with Crippen LogP contribution in [-0.4, -0.2) is 57.0 Å². The Morgan fingerprint density at radius 2 is 1.86 bits per heavy atom. The zero-order valence-corrected chi connectivity index (χ0v) is 17.8. The topological polar surface area (TPSA) is 54.0 Å². The molecule has 3 atom stereocenters. The Bertz CT molecular complexity index is 748. The van der Waals surface area contributed by atoms with E-state index in [-0.39, 0.29) is 12.1 Å². The summed E-state index contributed by atoms with van der Waals surface area (Å²) >= 11 is 0. The van der Waals surface area contributed by atoms with E-state index in [1.54, 1.807) is 7.11 Å². The van der Waals surface area contributed by atoms with Crippen LogP contribution >= 0.6 is 0 Å². The smallest absolute Gasteiger partial charge is 0.118 e. The molecule has 1 aliphatic rings. The minimum Gasteiger partial charge on any atom is -0.497 e. The van der Waals surface area contributed by atoms with Gasteiger partial charge in [-0.2, -0.15) is 0 Å². The molecule has 2 aromatic carbocycles. The summed E-state index contributed by atoms with van der Waals surface area (Å²) < 4.78 is 11.3. The van der Waals surface area contributed by atoms with Gasteiger partial charge in [-0.15, -0.1) is 0 Å². The summed E-state index contributed by atoms with van der Waals surface area (Å²) in [6.07, 6.45) is 2.86. The van der Waals surface area contributed by atoms with E-state index >= 15 is 0 Å². The minimum atomic E-state index is -0.525. The van der Waals surface area contributed by atoms with Gasteiger partial charge in [0.05, 0.1) is 25.9 Å². The lowest BCUT2D eigenvalue weighted by atomic mass is 9.89. The van der Waals surface area contributed by atoms with E-state index in [9.17, 15) is 5.11 Å². The number of benzene rings is 2. The fourth-order valence-electron chi connectivity index (χ4n) is 3.98. The molecule has 0 amide bonds. The molecule has 3 rings (SSSR count). The number of methoxy groups -OCH3 is 1. The molecular weight excluding hydrogens is 364 g/mol. The standard InChI is InChI=1S/C24H34N2O3/c1-26(2)23(19-11-13-21(28-3)14-12-19)16-25-15-20(27)17-29-24-10-6-8-18-7-4-5-9-22(18)24/h4-5,7,9,11-14,20,23-25,27H,6,8,10,15-17H2,1-3H3/t20-,23-,24-/m0/s1. The number of hydrogen-bond acceptors (Lipinski definition) is 5. The molecule has 0 heterocycles. The fourth-order valence-corrected chi connectivity index (χ4v) is 3.98. The number of aryl methyl sites for hydroxylation is 1. The van der Waals surface area contributed by atoms with Crippen LogP contribution < -0.4 is 10.1 Å². The lowest BCUT2D eigenvalue weighted by Crippen LogP contribution is -2.37. The molecule has 0 aliphatic heterocycles. The lowest BCUT2D eigenvalue weighted by Gasteiger charge is -2.28. The molecule has 2 N–H and O–H groups in total. The maximum atomic E-state index is 10.4. The Morgan fingerprint density at radius 3 is 2.59 bits per heavy atom. The first-order valence-corrected chi connectivity index (χ1v) is 10.5. The van der Waals surface area contributed by atoms with Gasteiger partial charge in [-0.05, 0) is 62.2 Å². The van der Waals surface area contributed by atoms with Crippen LogP contribution in [0.1, 0.15) is 41.7 Å². The van der Waals surface area contributed by atoms with E-state index in [0.717, 1.165) is 31.6 Å². The molecule has 0 unspecified atom stereocenters. The minimum absolute atomic E-state index is 0.100. The van der Waals surface area contributed by atoms with Crippen molar-refractivity contribution in [3.63, 3.8) is 0 Å². The monoisotopic (exact) mass is 398 g/mol. The Morgan fingerprint density at radius 1 is 1.10 bits per heavy atom. The number of aliphatic hydroxyl groups is 1. The van der Waals surface area contributed by atoms with Crippen LogP contribution in [0.2, 0.25) is 0 Å². The number of ether oxygens (including phenoxy) is 2. The average Bonchev–Trinajstić information content (AvgIpc) is 2.75. The first kappa shape index (κ1) is 21.8. The van der Waals surface area contributed by atoms with Crippen molar-refractivity contribution in [3.05, 3.63) is 65.2 Å². The zero-order chi connectivity index (χ0) is 20.6. The van der Waals surface area contributed by atoms with Gasteiger partial charge in [0, 0.05) is 19.1 Å². The van der Waals surface area contributed by atoms with Crippen molar-refractivity contribution in [3.8, 4) is 5.75 Å². The highest BCUT2D eigenvalue weighted by atomic mass is 16.5. The normalized spacial score (nSPS) is 18.3. The molecule has 5 heteroatoms. The molecule has 0 spiro atoms. The molecule has 5 nitrogen and oxygen atoms in total. The van der Waals surface area contributed by atoms with Gasteiger partial charge in [0.25, 0.3) is 0 Å². The number of rotatable bonds is 10. The second-order valence-electron chi connectivity index (χ2n) is 7.98. The zero-order valence-electron chi connectivity index (χ0n) is 17.8. The molecule has 1 aliphatic carbocycles. The van der Waals surface area contributed by atoms with Crippen molar-refractivity contribution in [2.75, 3.05) is 40.9 Å². The Kier molecular flexibility index (Phi) is 8.07. The van der Waals surface area contributed by atoms with Crippen LogP contribution in [0.15, 0.2) is 48.5 Å². The van der Waals surface area contributed by atoms with E-state index in [1.807, 2.05) is 12.1 Å². The van der Waals surface area contributed by atoms with Gasteiger partial charge < -0.3 is 24.8 Å². The Hall–Kier alpha value is -1.92. The number of hydrogen-bond donors (Lipinski definition) is 2. The highest BCUT2D eigenvalue weighted by Crippen LogP contribution is 2.32. The number of fused-ring (bicyclic) bond motifs is 1. The average molecular weight is 399 g/mol. The predicted molar refractivity (Wildman–Crippen MR) is 116 cm³/mol. The van der Waals surface area contributed by atoms with Crippen molar-refractivity contribution in [2.45, 2.75) is 37.5 Å². The lowest BCUT2D eigenvalue weighted by molar-refractivity contribution is -0.0169. The Labute approximate surface area is 174 Å². The Balaban J connectivity index is 1.45. The SMILES string of the molecule is COc1ccc([C@H](CNC[C@H](O)CO[C@H]2CCCc3ccccc32)N(C)C)cc1. The van der Waals surface area contributed by atoms with Crippen LogP contribution in [0.25, 0.3) is 0 Å². The van der Waals surface area contributed by atoms with Crippen molar-refractivity contribution in [2.24, 2.45) is 0 Å². The highest BCUT2D eigenvalue weighted by molar-refractivity contribution is 5.31. The summed E-state index contributed by atoms with van der Waals surface area (Å²) in [4.78, 5) is 2.18. The molecule has 0 bridgehead atoms. The van der Waals surface area contributed by atoms with Crippen LogP contribution in [-0.2, 0) is 11.2 Å². The summed E-state index contributed by atoms with van der Waals surface area (Å²) in [6, 6.07) is 16.9. The van der Waals surface area contributed by atoms with Crippen molar-refractivity contribution < 1.29 is 14.6 Å². The maximum Gasteiger partial charge on any atom is 0.118 e. The quantitative estimate of drug-likeness (QED) is 0.643. The largest absolute Gasteiger partial charge is 0.497 e. The predicted octanol–water partition coefficient (Wildman–Crippen LogP) is 3.34. The molecule has 0 saturated heterocycles. The van der Waals surface area contributed by atoms with Gasteiger partial charge in [-0.3, -0.25) is 0 Å². The highest BCUT2D eigenvalue weighted by Gasteiger charge is 2.21. The summed E-state index contributed by atoms with van der Waals surface area (Å²) in [6.45, 7) is 1.61. The van der Waals surface area contributed by atoms with Crippen LogP contribution in [0.3, 0.4) is 0 Å². The summed E-state index contributed by atoms with van der Waals surface area (Å²) in [5.74, 6) is 0.857. The van der Waals surface area contributed by atoms with Crippen LogP contribution in [0.5, 0.6) is 5.75 Å². The molecule has 158 valence electrons. The maximum absolute atomic E-state index is 10.4. The van der Waals surface area contributed by atoms with Crippen LogP contribution in [0, 0.1) is 0 Å². The second-order valence-corrected chi connectivity index (χ2v) is 7.98. The van der Waals surface area contributed by atoms with Gasteiger partial charge >= 0.3 is 0 Å². The van der Waals surface area contributed by atoms with Gasteiger partial charge in [-0.1, -0.05) is 36.4 Å². The number of likely N-dealkylation sites (N-methyl/N-ethyl adjacent to an activating group) is 1. The third-order valence-electron chi connectivity index (χ3n) is 5.65. The second kappa shape index (κ2) is 10.7. The van der Waals surface area contributed by atoms with Gasteiger partial charge in [0.15, 0.2) is 0 Å².